The molecule has 1 aliphatic rings. The van der Waals surface area contributed by atoms with E-state index in [4.69, 9.17) is 0 Å². The van der Waals surface area contributed by atoms with Crippen molar-refractivity contribution in [2.75, 3.05) is 0 Å². The zero-order chi connectivity index (χ0) is 6.81. The Kier molecular flexibility index (Phi) is 1.77. The van der Waals surface area contributed by atoms with Crippen LogP contribution in [0.15, 0.2) is 12.0 Å². The molecule has 0 spiro atoms. The van der Waals surface area contributed by atoms with Gasteiger partial charge >= 0.3 is 0 Å². The summed E-state index contributed by atoms with van der Waals surface area (Å²) in [4.78, 5) is 3.32. The summed E-state index contributed by atoms with van der Waals surface area (Å²) < 4.78 is 0. The van der Waals surface area contributed by atoms with Crippen LogP contribution in [0.5, 0.6) is 0 Å². The van der Waals surface area contributed by atoms with Crippen LogP contribution in [0.3, 0.4) is 0 Å². The van der Waals surface area contributed by atoms with Crippen molar-refractivity contribution in [1.29, 1.82) is 0 Å². The highest BCUT2D eigenvalue weighted by molar-refractivity contribution is 7.30. The predicted octanol–water partition coefficient (Wildman–Crippen LogP) is 3.25. The van der Waals surface area contributed by atoms with Gasteiger partial charge in [0.25, 0.3) is 0 Å². The van der Waals surface area contributed by atoms with Crippen molar-refractivity contribution in [3.05, 3.63) is 17.4 Å². The van der Waals surface area contributed by atoms with Gasteiger partial charge in [-0.15, -0.1) is 0 Å². The summed E-state index contributed by atoms with van der Waals surface area (Å²) in [7, 11) is 1.41. The SMILES string of the molecule is c1cpc(C2CCCC2)[nH]1. The van der Waals surface area contributed by atoms with E-state index in [2.05, 4.69) is 17.0 Å². The van der Waals surface area contributed by atoms with Crippen molar-refractivity contribution in [2.45, 2.75) is 31.6 Å². The molecule has 2 rings (SSSR count). The molecule has 1 N–H and O–H groups in total. The molecular weight excluding hydrogens is 141 g/mol. The van der Waals surface area contributed by atoms with Crippen LogP contribution in [0.25, 0.3) is 0 Å². The van der Waals surface area contributed by atoms with Crippen molar-refractivity contribution < 1.29 is 0 Å². The highest BCUT2D eigenvalue weighted by atomic mass is 31.0. The molecule has 1 heterocycles. The molecule has 54 valence electrons. The lowest BCUT2D eigenvalue weighted by molar-refractivity contribution is 0.717. The van der Waals surface area contributed by atoms with Crippen LogP contribution >= 0.6 is 8.19 Å². The van der Waals surface area contributed by atoms with E-state index in [1.807, 2.05) is 0 Å². The molecule has 0 unspecified atom stereocenters. The molecule has 1 aromatic heterocycles. The van der Waals surface area contributed by atoms with E-state index in [-0.39, 0.29) is 0 Å². The van der Waals surface area contributed by atoms with Crippen molar-refractivity contribution in [3.8, 4) is 0 Å². The Morgan fingerprint density at radius 2 is 2.20 bits per heavy atom. The average Bonchev–Trinajstić information content (AvgIpc) is 2.59. The van der Waals surface area contributed by atoms with E-state index in [1.54, 1.807) is 0 Å². The maximum Gasteiger partial charge on any atom is 0.0455 e. The van der Waals surface area contributed by atoms with Gasteiger partial charge in [-0.25, -0.2) is 0 Å². The highest BCUT2D eigenvalue weighted by Crippen LogP contribution is 2.36. The number of H-pyrrole nitrogens is 1. The third-order valence-electron chi connectivity index (χ3n) is 2.26. The fraction of sp³-hybridized carbons (Fsp3) is 0.625. The first-order valence-electron chi connectivity index (χ1n) is 3.96. The summed E-state index contributed by atoms with van der Waals surface area (Å²) in [6, 6.07) is 0. The molecule has 1 saturated carbocycles. The summed E-state index contributed by atoms with van der Waals surface area (Å²) in [6.07, 6.45) is 7.76. The van der Waals surface area contributed by atoms with Crippen molar-refractivity contribution in [2.24, 2.45) is 0 Å². The largest absolute Gasteiger partial charge is 0.361 e. The monoisotopic (exact) mass is 153 g/mol. The Morgan fingerprint density at radius 1 is 1.40 bits per heavy atom. The van der Waals surface area contributed by atoms with Crippen LogP contribution in [-0.2, 0) is 0 Å². The smallest absolute Gasteiger partial charge is 0.0455 e. The van der Waals surface area contributed by atoms with Gasteiger partial charge < -0.3 is 4.98 Å². The lowest BCUT2D eigenvalue weighted by Crippen LogP contribution is -1.88. The first-order chi connectivity index (χ1) is 4.97. The highest BCUT2D eigenvalue weighted by Gasteiger charge is 2.17. The second-order valence-electron chi connectivity index (χ2n) is 2.96. The Morgan fingerprint density at radius 3 is 2.80 bits per heavy atom. The topological polar surface area (TPSA) is 15.8 Å². The molecular formula is C8H12NP. The van der Waals surface area contributed by atoms with E-state index in [1.165, 1.54) is 39.3 Å². The van der Waals surface area contributed by atoms with E-state index in [9.17, 15) is 0 Å². The lowest BCUT2D eigenvalue weighted by atomic mass is 10.1. The van der Waals surface area contributed by atoms with Crippen LogP contribution in [0.1, 0.15) is 37.0 Å². The Hall–Kier alpha value is -0.290. The van der Waals surface area contributed by atoms with E-state index in [0.717, 1.165) is 5.92 Å². The predicted molar refractivity (Wildman–Crippen MR) is 44.5 cm³/mol. The third-order valence-corrected chi connectivity index (χ3v) is 3.33. The van der Waals surface area contributed by atoms with Gasteiger partial charge in [-0.1, -0.05) is 21.0 Å². The Labute approximate surface area is 63.0 Å². The molecule has 1 aliphatic carbocycles. The van der Waals surface area contributed by atoms with Gasteiger partial charge in [0.2, 0.25) is 0 Å². The van der Waals surface area contributed by atoms with E-state index < -0.39 is 0 Å². The first kappa shape index (κ1) is 6.42. The number of hydrogen-bond donors (Lipinski definition) is 1. The maximum atomic E-state index is 3.32. The van der Waals surface area contributed by atoms with Crippen LogP contribution in [-0.4, -0.2) is 4.98 Å². The third kappa shape index (κ3) is 1.11. The molecule has 0 atom stereocenters. The zero-order valence-electron chi connectivity index (χ0n) is 6.01. The lowest BCUT2D eigenvalue weighted by Gasteiger charge is -2.03. The fourth-order valence-electron chi connectivity index (χ4n) is 1.70. The summed E-state index contributed by atoms with van der Waals surface area (Å²) in [5.74, 6) is 3.07. The standard InChI is InChI=1S/C8H12NP/c1-2-4-7(3-1)8-9-5-6-10-8/h5-7,9H,1-4H2. The van der Waals surface area contributed by atoms with Crippen molar-refractivity contribution >= 4 is 8.19 Å². The Balaban J connectivity index is 2.12. The van der Waals surface area contributed by atoms with E-state index >= 15 is 0 Å². The average molecular weight is 153 g/mol. The van der Waals surface area contributed by atoms with Crippen molar-refractivity contribution in [1.82, 2.24) is 4.98 Å². The van der Waals surface area contributed by atoms with Gasteiger partial charge in [-0.2, -0.15) is 0 Å². The number of aromatic nitrogens is 1. The molecule has 1 nitrogen and oxygen atoms in total. The van der Waals surface area contributed by atoms with Gasteiger partial charge in [0.05, 0.1) is 0 Å². The van der Waals surface area contributed by atoms with Crippen LogP contribution in [0.4, 0.5) is 0 Å². The van der Waals surface area contributed by atoms with Gasteiger partial charge in [0, 0.05) is 17.5 Å². The molecule has 0 aliphatic heterocycles. The number of rotatable bonds is 1. The second-order valence-corrected chi connectivity index (χ2v) is 3.99. The van der Waals surface area contributed by atoms with Gasteiger partial charge in [0.1, 0.15) is 0 Å². The van der Waals surface area contributed by atoms with Crippen LogP contribution in [0, 0.1) is 0 Å². The molecule has 0 aromatic carbocycles. The maximum absolute atomic E-state index is 3.32. The molecule has 0 amide bonds. The summed E-state index contributed by atoms with van der Waals surface area (Å²) in [5.41, 5.74) is 1.54. The number of nitrogens with one attached hydrogen (secondary N) is 1. The molecule has 1 aromatic rings. The summed E-state index contributed by atoms with van der Waals surface area (Å²) in [6.45, 7) is 0. The molecule has 1 fully saturated rings. The van der Waals surface area contributed by atoms with Gasteiger partial charge in [0.15, 0.2) is 0 Å². The summed E-state index contributed by atoms with van der Waals surface area (Å²) in [5, 5.41) is 0. The number of hydrogen-bond acceptors (Lipinski definition) is 0. The molecule has 2 heteroatoms. The quantitative estimate of drug-likeness (QED) is 0.637. The fourth-order valence-corrected chi connectivity index (χ4v) is 2.63. The van der Waals surface area contributed by atoms with Crippen molar-refractivity contribution in [3.63, 3.8) is 0 Å². The van der Waals surface area contributed by atoms with E-state index in [0.29, 0.717) is 0 Å². The first-order valence-corrected chi connectivity index (χ1v) is 4.92. The molecule has 10 heavy (non-hydrogen) atoms. The van der Waals surface area contributed by atoms with Crippen LogP contribution in [0.2, 0.25) is 0 Å². The normalized spacial score (nSPS) is 20.8. The minimum atomic E-state index is 0.886. The van der Waals surface area contributed by atoms with Gasteiger partial charge in [-0.05, 0) is 18.6 Å². The van der Waals surface area contributed by atoms with Crippen LogP contribution < -0.4 is 0 Å². The zero-order valence-corrected chi connectivity index (χ0v) is 6.90. The minimum absolute atomic E-state index is 0.886. The number of aromatic amines is 1. The second kappa shape index (κ2) is 2.75. The van der Waals surface area contributed by atoms with Gasteiger partial charge in [-0.3, -0.25) is 0 Å². The molecule has 0 saturated heterocycles. The summed E-state index contributed by atoms with van der Waals surface area (Å²) >= 11 is 0. The minimum Gasteiger partial charge on any atom is -0.361 e. The Bertz CT molecular complexity index is 187. The molecule has 0 radical (unpaired) electrons. The molecule has 0 bridgehead atoms.